The Bertz CT molecular complexity index is 854. The molecule has 7 heteroatoms. The van der Waals surface area contributed by atoms with Gasteiger partial charge in [-0.25, -0.2) is 18.4 Å². The van der Waals surface area contributed by atoms with E-state index in [1.807, 2.05) is 30.3 Å². The molecule has 0 atom stereocenters. The monoisotopic (exact) mass is 358 g/mol. The van der Waals surface area contributed by atoms with E-state index in [-0.39, 0.29) is 11.5 Å². The van der Waals surface area contributed by atoms with Crippen LogP contribution < -0.4 is 10.2 Å². The molecule has 1 fully saturated rings. The summed E-state index contributed by atoms with van der Waals surface area (Å²) in [4.78, 5) is 11.8. The third-order valence-corrected chi connectivity index (χ3v) is 6.45. The number of hydrogen-bond donors (Lipinski definition) is 1. The number of nitrogens with zero attached hydrogens (tertiary/aromatic N) is 3. The zero-order valence-corrected chi connectivity index (χ0v) is 14.9. The Balaban J connectivity index is 1.78. The first-order chi connectivity index (χ1) is 12.1. The number of rotatable bonds is 2. The van der Waals surface area contributed by atoms with Crippen LogP contribution in [0, 0.1) is 0 Å². The molecule has 1 aromatic carbocycles. The molecule has 0 aliphatic carbocycles. The molecule has 0 radical (unpaired) electrons. The van der Waals surface area contributed by atoms with Gasteiger partial charge in [-0.1, -0.05) is 30.3 Å². The van der Waals surface area contributed by atoms with Crippen molar-refractivity contribution in [3.63, 3.8) is 0 Å². The summed E-state index contributed by atoms with van der Waals surface area (Å²) in [6.45, 7) is 2.83. The van der Waals surface area contributed by atoms with Gasteiger partial charge in [-0.3, -0.25) is 0 Å². The number of anilines is 1. The molecule has 25 heavy (non-hydrogen) atoms. The maximum absolute atomic E-state index is 11.8. The fourth-order valence-corrected chi connectivity index (χ4v) is 4.63. The molecular formula is C18H22N4O2S. The summed E-state index contributed by atoms with van der Waals surface area (Å²) in [6.07, 6.45) is 1.75. The van der Waals surface area contributed by atoms with Crippen LogP contribution in [0.1, 0.15) is 11.3 Å². The number of nitrogens with one attached hydrogen (secondary N) is 1. The van der Waals surface area contributed by atoms with Crippen molar-refractivity contribution in [3.8, 4) is 11.4 Å². The van der Waals surface area contributed by atoms with Gasteiger partial charge < -0.3 is 10.2 Å². The molecule has 0 unspecified atom stereocenters. The summed E-state index contributed by atoms with van der Waals surface area (Å²) in [6, 6.07) is 9.98. The number of sulfone groups is 1. The molecule has 2 aromatic rings. The molecule has 4 rings (SSSR count). The Kier molecular flexibility index (Phi) is 4.43. The van der Waals surface area contributed by atoms with Gasteiger partial charge in [-0.15, -0.1) is 0 Å². The Morgan fingerprint density at radius 3 is 2.44 bits per heavy atom. The van der Waals surface area contributed by atoms with Crippen molar-refractivity contribution in [3.05, 3.63) is 41.6 Å². The highest BCUT2D eigenvalue weighted by atomic mass is 32.2. The molecule has 1 saturated heterocycles. The van der Waals surface area contributed by atoms with Crippen molar-refractivity contribution in [2.45, 2.75) is 12.8 Å². The molecule has 0 amide bonds. The highest BCUT2D eigenvalue weighted by molar-refractivity contribution is 7.91. The summed E-state index contributed by atoms with van der Waals surface area (Å²) >= 11 is 0. The average Bonchev–Trinajstić information content (AvgIpc) is 2.87. The predicted octanol–water partition coefficient (Wildman–Crippen LogP) is 1.07. The van der Waals surface area contributed by atoms with Crippen molar-refractivity contribution < 1.29 is 8.42 Å². The molecule has 1 aromatic heterocycles. The second kappa shape index (κ2) is 6.72. The van der Waals surface area contributed by atoms with Gasteiger partial charge in [0.1, 0.15) is 5.82 Å². The minimum atomic E-state index is -2.91. The van der Waals surface area contributed by atoms with Gasteiger partial charge in [0.25, 0.3) is 0 Å². The molecule has 0 bridgehead atoms. The Morgan fingerprint density at radius 2 is 1.68 bits per heavy atom. The van der Waals surface area contributed by atoms with Crippen molar-refractivity contribution in [2.24, 2.45) is 0 Å². The van der Waals surface area contributed by atoms with E-state index >= 15 is 0 Å². The highest BCUT2D eigenvalue weighted by Crippen LogP contribution is 2.28. The molecule has 2 aliphatic heterocycles. The second-order valence-electron chi connectivity index (χ2n) is 6.55. The number of hydrogen-bond acceptors (Lipinski definition) is 6. The van der Waals surface area contributed by atoms with Gasteiger partial charge in [-0.2, -0.15) is 0 Å². The maximum Gasteiger partial charge on any atom is 0.161 e. The average molecular weight is 358 g/mol. The second-order valence-corrected chi connectivity index (χ2v) is 8.85. The van der Waals surface area contributed by atoms with Gasteiger partial charge in [0.15, 0.2) is 15.7 Å². The third kappa shape index (κ3) is 3.52. The van der Waals surface area contributed by atoms with Gasteiger partial charge in [0, 0.05) is 37.2 Å². The van der Waals surface area contributed by atoms with E-state index in [0.717, 1.165) is 48.8 Å². The van der Waals surface area contributed by atoms with E-state index in [0.29, 0.717) is 13.1 Å². The van der Waals surface area contributed by atoms with Crippen molar-refractivity contribution in [2.75, 3.05) is 42.6 Å². The van der Waals surface area contributed by atoms with E-state index in [4.69, 9.17) is 9.97 Å². The van der Waals surface area contributed by atoms with Crippen LogP contribution >= 0.6 is 0 Å². The lowest BCUT2D eigenvalue weighted by molar-refractivity contribution is 0.586. The number of fused-ring (bicyclic) bond motifs is 1. The largest absolute Gasteiger partial charge is 0.354 e. The van der Waals surface area contributed by atoms with E-state index in [9.17, 15) is 8.42 Å². The number of aromatic nitrogens is 2. The topological polar surface area (TPSA) is 75.2 Å². The van der Waals surface area contributed by atoms with Crippen LogP contribution in [0.4, 0.5) is 5.82 Å². The van der Waals surface area contributed by atoms with Gasteiger partial charge in [0.2, 0.25) is 0 Å². The quantitative estimate of drug-likeness (QED) is 0.865. The molecule has 2 aliphatic rings. The molecule has 132 valence electrons. The zero-order valence-electron chi connectivity index (χ0n) is 14.1. The minimum Gasteiger partial charge on any atom is -0.354 e. The highest BCUT2D eigenvalue weighted by Gasteiger charge is 2.27. The first-order valence-corrected chi connectivity index (χ1v) is 10.6. The maximum atomic E-state index is 11.8. The fraction of sp³-hybridized carbons (Fsp3) is 0.444. The molecule has 1 N–H and O–H groups in total. The third-order valence-electron chi connectivity index (χ3n) is 4.84. The van der Waals surface area contributed by atoms with Crippen LogP contribution in [-0.4, -0.2) is 56.1 Å². The normalized spacial score (nSPS) is 19.9. The van der Waals surface area contributed by atoms with Crippen LogP contribution in [0.25, 0.3) is 11.4 Å². The van der Waals surface area contributed by atoms with Crippen molar-refractivity contribution >= 4 is 15.7 Å². The first-order valence-electron chi connectivity index (χ1n) is 8.74. The minimum absolute atomic E-state index is 0.199. The zero-order chi connectivity index (χ0) is 17.3. The molecule has 6 nitrogen and oxygen atoms in total. The molecular weight excluding hydrogens is 336 g/mol. The van der Waals surface area contributed by atoms with E-state index in [2.05, 4.69) is 10.2 Å². The molecule has 3 heterocycles. The standard InChI is InChI=1S/C18H22N4O2S/c23-25(24)12-10-22(11-13-25)18-15-6-8-19-9-7-16(15)20-17(21-18)14-4-2-1-3-5-14/h1-5,19H,6-13H2. The Labute approximate surface area is 148 Å². The number of benzene rings is 1. The lowest BCUT2D eigenvalue weighted by atomic mass is 10.1. The van der Waals surface area contributed by atoms with Crippen LogP contribution in [0.15, 0.2) is 30.3 Å². The lowest BCUT2D eigenvalue weighted by Gasteiger charge is -2.30. The molecule has 0 saturated carbocycles. The summed E-state index contributed by atoms with van der Waals surface area (Å²) < 4.78 is 23.6. The van der Waals surface area contributed by atoms with E-state index < -0.39 is 9.84 Å². The lowest BCUT2D eigenvalue weighted by Crippen LogP contribution is -2.41. The van der Waals surface area contributed by atoms with Crippen LogP contribution in [0.5, 0.6) is 0 Å². The van der Waals surface area contributed by atoms with Crippen LogP contribution in [-0.2, 0) is 22.7 Å². The summed E-state index contributed by atoms with van der Waals surface area (Å²) in [5.74, 6) is 2.04. The molecule has 0 spiro atoms. The summed E-state index contributed by atoms with van der Waals surface area (Å²) in [5, 5.41) is 3.41. The van der Waals surface area contributed by atoms with E-state index in [1.165, 1.54) is 5.56 Å². The summed E-state index contributed by atoms with van der Waals surface area (Å²) in [5.41, 5.74) is 3.25. The van der Waals surface area contributed by atoms with Crippen LogP contribution in [0.3, 0.4) is 0 Å². The Hall–Kier alpha value is -1.99. The van der Waals surface area contributed by atoms with Crippen molar-refractivity contribution in [1.82, 2.24) is 15.3 Å². The SMILES string of the molecule is O=S1(=O)CCN(c2nc(-c3ccccc3)nc3c2CCNCC3)CC1. The summed E-state index contributed by atoms with van der Waals surface area (Å²) in [7, 11) is -2.91. The van der Waals surface area contributed by atoms with Gasteiger partial charge in [0.05, 0.1) is 17.2 Å². The van der Waals surface area contributed by atoms with E-state index in [1.54, 1.807) is 0 Å². The van der Waals surface area contributed by atoms with Crippen molar-refractivity contribution in [1.29, 1.82) is 0 Å². The van der Waals surface area contributed by atoms with Crippen LogP contribution in [0.2, 0.25) is 0 Å². The van der Waals surface area contributed by atoms with Gasteiger partial charge >= 0.3 is 0 Å². The fourth-order valence-electron chi connectivity index (χ4n) is 3.43. The smallest absolute Gasteiger partial charge is 0.161 e. The predicted molar refractivity (Wildman–Crippen MR) is 98.6 cm³/mol. The Morgan fingerprint density at radius 1 is 0.960 bits per heavy atom. The van der Waals surface area contributed by atoms with Gasteiger partial charge in [-0.05, 0) is 13.0 Å². The first kappa shape index (κ1) is 16.5.